The molecule has 0 spiro atoms. The molecular weight excluding hydrogens is 422 g/mol. The van der Waals surface area contributed by atoms with Crippen molar-refractivity contribution < 1.29 is 24.2 Å². The molecule has 1 saturated heterocycles. The molecule has 0 bridgehead atoms. The normalized spacial score (nSPS) is 19.4. The Morgan fingerprint density at radius 3 is 2.61 bits per heavy atom. The van der Waals surface area contributed by atoms with E-state index in [-0.39, 0.29) is 11.3 Å². The van der Waals surface area contributed by atoms with Crippen molar-refractivity contribution in [3.8, 4) is 11.5 Å². The summed E-state index contributed by atoms with van der Waals surface area (Å²) >= 11 is 0. The van der Waals surface area contributed by atoms with Gasteiger partial charge in [0.15, 0.2) is 11.5 Å². The molecule has 33 heavy (non-hydrogen) atoms. The lowest BCUT2D eigenvalue weighted by Crippen LogP contribution is -2.33. The molecule has 2 aliphatic heterocycles. The molecule has 1 N–H and O–H groups in total. The van der Waals surface area contributed by atoms with Gasteiger partial charge in [-0.25, -0.2) is 0 Å². The van der Waals surface area contributed by atoms with E-state index in [0.717, 1.165) is 26.1 Å². The number of aliphatic hydroxyl groups excluding tert-OH is 1. The van der Waals surface area contributed by atoms with E-state index in [1.807, 2.05) is 6.07 Å². The van der Waals surface area contributed by atoms with Crippen LogP contribution in [0.3, 0.4) is 0 Å². The number of carbonyl (C=O) groups excluding carboxylic acids is 2. The van der Waals surface area contributed by atoms with Crippen LogP contribution >= 0.6 is 0 Å². The van der Waals surface area contributed by atoms with Crippen LogP contribution in [0.5, 0.6) is 11.5 Å². The van der Waals surface area contributed by atoms with Crippen molar-refractivity contribution in [2.75, 3.05) is 39.4 Å². The quantitative estimate of drug-likeness (QED) is 0.375. The molecule has 3 heterocycles. The number of fused-ring (bicyclic) bond motifs is 1. The summed E-state index contributed by atoms with van der Waals surface area (Å²) in [5, 5.41) is 11.2. The van der Waals surface area contributed by atoms with Crippen molar-refractivity contribution in [2.45, 2.75) is 26.3 Å². The fourth-order valence-corrected chi connectivity index (χ4v) is 4.35. The van der Waals surface area contributed by atoms with E-state index < -0.39 is 17.7 Å². The average Bonchev–Trinajstić information content (AvgIpc) is 3.11. The van der Waals surface area contributed by atoms with Gasteiger partial charge >= 0.3 is 0 Å². The molecule has 1 aromatic heterocycles. The summed E-state index contributed by atoms with van der Waals surface area (Å²) in [7, 11) is 0. The van der Waals surface area contributed by atoms with Crippen molar-refractivity contribution in [3.05, 3.63) is 59.4 Å². The molecule has 1 fully saturated rings. The van der Waals surface area contributed by atoms with Crippen molar-refractivity contribution in [2.24, 2.45) is 0 Å². The summed E-state index contributed by atoms with van der Waals surface area (Å²) in [6.07, 6.45) is 3.98. The standard InChI is InChI=1S/C25H29N3O5/c1-3-27(4-2)11-6-12-28-22(18-7-5-10-26-16-18)21(24(30)25(28)31)23(29)17-8-9-19-20(15-17)33-14-13-32-19/h5,7-10,15-16,22,29H,3-4,6,11-14H2,1-2H3/b23-21+. The van der Waals surface area contributed by atoms with E-state index in [9.17, 15) is 14.7 Å². The minimum atomic E-state index is -0.705. The lowest BCUT2D eigenvalue weighted by atomic mass is 9.96. The minimum Gasteiger partial charge on any atom is -0.507 e. The first kappa shape index (κ1) is 22.8. The zero-order valence-electron chi connectivity index (χ0n) is 19.0. The van der Waals surface area contributed by atoms with E-state index in [1.54, 1.807) is 41.6 Å². The predicted octanol–water partition coefficient (Wildman–Crippen LogP) is 3.01. The molecule has 1 atom stereocenters. The third kappa shape index (κ3) is 4.57. The number of aliphatic hydroxyl groups is 1. The van der Waals surface area contributed by atoms with Gasteiger partial charge in [-0.2, -0.15) is 0 Å². The molecule has 2 aliphatic rings. The number of carbonyl (C=O) groups is 2. The van der Waals surface area contributed by atoms with E-state index >= 15 is 0 Å². The van der Waals surface area contributed by atoms with Crippen LogP contribution in [-0.4, -0.2) is 71.0 Å². The maximum absolute atomic E-state index is 13.1. The van der Waals surface area contributed by atoms with E-state index in [0.29, 0.717) is 42.4 Å². The highest BCUT2D eigenvalue weighted by molar-refractivity contribution is 6.46. The number of likely N-dealkylation sites (tertiary alicyclic amines) is 1. The van der Waals surface area contributed by atoms with Gasteiger partial charge in [-0.05, 0) is 55.9 Å². The minimum absolute atomic E-state index is 0.0625. The first-order valence-electron chi connectivity index (χ1n) is 11.4. The molecule has 4 rings (SSSR count). The Hall–Kier alpha value is -3.39. The zero-order valence-corrected chi connectivity index (χ0v) is 19.0. The summed E-state index contributed by atoms with van der Waals surface area (Å²) < 4.78 is 11.2. The maximum atomic E-state index is 13.1. The number of Topliss-reactive ketones (excluding diaryl/α,β-unsaturated/α-hetero) is 1. The number of benzene rings is 1. The number of hydrogen-bond acceptors (Lipinski definition) is 7. The fourth-order valence-electron chi connectivity index (χ4n) is 4.35. The van der Waals surface area contributed by atoms with Gasteiger partial charge in [0.1, 0.15) is 19.0 Å². The third-order valence-corrected chi connectivity index (χ3v) is 6.12. The first-order chi connectivity index (χ1) is 16.0. The molecule has 174 valence electrons. The Morgan fingerprint density at radius 1 is 1.15 bits per heavy atom. The summed E-state index contributed by atoms with van der Waals surface area (Å²) in [4.78, 5) is 34.1. The van der Waals surface area contributed by atoms with Crippen molar-refractivity contribution in [3.63, 3.8) is 0 Å². The largest absolute Gasteiger partial charge is 0.507 e. The Bertz CT molecular complexity index is 1050. The molecular formula is C25H29N3O5. The molecule has 0 radical (unpaired) electrons. The Morgan fingerprint density at radius 2 is 1.91 bits per heavy atom. The second kappa shape index (κ2) is 10.0. The van der Waals surface area contributed by atoms with Gasteiger partial charge in [-0.3, -0.25) is 14.6 Å². The van der Waals surface area contributed by atoms with Gasteiger partial charge in [0, 0.05) is 24.5 Å². The number of aromatic nitrogens is 1. The highest BCUT2D eigenvalue weighted by Crippen LogP contribution is 2.40. The summed E-state index contributed by atoms with van der Waals surface area (Å²) in [5.41, 5.74) is 1.14. The molecule has 1 aromatic carbocycles. The van der Waals surface area contributed by atoms with Crippen LogP contribution in [0.15, 0.2) is 48.3 Å². The van der Waals surface area contributed by atoms with Crippen molar-refractivity contribution >= 4 is 17.4 Å². The predicted molar refractivity (Wildman–Crippen MR) is 123 cm³/mol. The van der Waals surface area contributed by atoms with Gasteiger partial charge in [0.25, 0.3) is 11.7 Å². The summed E-state index contributed by atoms with van der Waals surface area (Å²) in [6.45, 7) is 8.12. The monoisotopic (exact) mass is 451 g/mol. The molecule has 8 heteroatoms. The van der Waals surface area contributed by atoms with Crippen molar-refractivity contribution in [1.82, 2.24) is 14.8 Å². The molecule has 1 unspecified atom stereocenters. The highest BCUT2D eigenvalue weighted by Gasteiger charge is 2.46. The molecule has 0 aliphatic carbocycles. The fraction of sp³-hybridized carbons (Fsp3) is 0.400. The second-order valence-corrected chi connectivity index (χ2v) is 8.02. The van der Waals surface area contributed by atoms with Crippen LogP contribution in [-0.2, 0) is 9.59 Å². The maximum Gasteiger partial charge on any atom is 0.295 e. The molecule has 8 nitrogen and oxygen atoms in total. The number of ketones is 1. The molecule has 0 saturated carbocycles. The Balaban J connectivity index is 1.71. The summed E-state index contributed by atoms with van der Waals surface area (Å²) in [6, 6.07) is 7.87. The number of rotatable bonds is 8. The zero-order chi connectivity index (χ0) is 23.4. The van der Waals surface area contributed by atoms with E-state index in [1.165, 1.54) is 0 Å². The first-order valence-corrected chi connectivity index (χ1v) is 11.4. The Labute approximate surface area is 193 Å². The van der Waals surface area contributed by atoms with Gasteiger partial charge in [0.05, 0.1) is 11.6 Å². The van der Waals surface area contributed by atoms with E-state index in [4.69, 9.17) is 9.47 Å². The SMILES string of the molecule is CCN(CC)CCCN1C(=O)C(=O)/C(=C(/O)c2ccc3c(c2)OCCO3)C1c1cccnc1. The smallest absolute Gasteiger partial charge is 0.295 e. The van der Waals surface area contributed by atoms with Crippen molar-refractivity contribution in [1.29, 1.82) is 0 Å². The number of nitrogens with zero attached hydrogens (tertiary/aromatic N) is 3. The van der Waals surface area contributed by atoms with Crippen LogP contribution in [0.2, 0.25) is 0 Å². The van der Waals surface area contributed by atoms with Gasteiger partial charge in [-0.15, -0.1) is 0 Å². The number of hydrogen-bond donors (Lipinski definition) is 1. The lowest BCUT2D eigenvalue weighted by Gasteiger charge is -2.26. The number of pyridine rings is 1. The molecule has 2 aromatic rings. The van der Waals surface area contributed by atoms with Crippen LogP contribution < -0.4 is 9.47 Å². The van der Waals surface area contributed by atoms with Gasteiger partial charge in [-0.1, -0.05) is 19.9 Å². The van der Waals surface area contributed by atoms with Gasteiger partial charge < -0.3 is 24.4 Å². The highest BCUT2D eigenvalue weighted by atomic mass is 16.6. The third-order valence-electron chi connectivity index (χ3n) is 6.12. The lowest BCUT2D eigenvalue weighted by molar-refractivity contribution is -0.140. The van der Waals surface area contributed by atoms with Crippen LogP contribution in [0.4, 0.5) is 0 Å². The Kier molecular flexibility index (Phi) is 6.93. The average molecular weight is 452 g/mol. The van der Waals surface area contributed by atoms with Crippen LogP contribution in [0, 0.1) is 0 Å². The molecule has 1 amide bonds. The van der Waals surface area contributed by atoms with Crippen LogP contribution in [0.1, 0.15) is 37.4 Å². The van der Waals surface area contributed by atoms with Crippen LogP contribution in [0.25, 0.3) is 5.76 Å². The van der Waals surface area contributed by atoms with Gasteiger partial charge in [0.2, 0.25) is 0 Å². The summed E-state index contributed by atoms with van der Waals surface area (Å²) in [5.74, 6) is -0.456. The number of amides is 1. The topological polar surface area (TPSA) is 92.2 Å². The number of ether oxygens (including phenoxy) is 2. The van der Waals surface area contributed by atoms with E-state index in [2.05, 4.69) is 23.7 Å². The second-order valence-electron chi connectivity index (χ2n) is 8.02.